The molecule has 0 saturated carbocycles. The first-order valence-electron chi connectivity index (χ1n) is 8.83. The molecule has 2 amide bonds. The van der Waals surface area contributed by atoms with Crippen LogP contribution in [0.1, 0.15) is 6.92 Å². The Bertz CT molecular complexity index is 769. The molecule has 138 valence electrons. The number of anilines is 1. The van der Waals surface area contributed by atoms with Crippen LogP contribution in [-0.4, -0.2) is 72.5 Å². The number of aromatic nitrogens is 1. The van der Waals surface area contributed by atoms with E-state index in [-0.39, 0.29) is 18.4 Å². The van der Waals surface area contributed by atoms with Gasteiger partial charge in [0.15, 0.2) is 0 Å². The number of morpholine rings is 1. The maximum absolute atomic E-state index is 12.5. The summed E-state index contributed by atoms with van der Waals surface area (Å²) in [6, 6.07) is 9.45. The van der Waals surface area contributed by atoms with Crippen LogP contribution in [0.3, 0.4) is 0 Å². The number of carbonyl (C=O) groups is 2. The van der Waals surface area contributed by atoms with Gasteiger partial charge in [0.1, 0.15) is 0 Å². The smallest absolute Gasteiger partial charge is 0.244 e. The van der Waals surface area contributed by atoms with Gasteiger partial charge in [0.2, 0.25) is 11.8 Å². The predicted molar refractivity (Wildman–Crippen MR) is 99.9 cm³/mol. The van der Waals surface area contributed by atoms with Crippen LogP contribution in [0.25, 0.3) is 10.9 Å². The summed E-state index contributed by atoms with van der Waals surface area (Å²) in [7, 11) is 0. The molecule has 2 aromatic rings. The van der Waals surface area contributed by atoms with Crippen molar-refractivity contribution >= 4 is 28.4 Å². The Hall–Kier alpha value is -2.51. The first-order chi connectivity index (χ1) is 12.6. The van der Waals surface area contributed by atoms with Gasteiger partial charge in [0.25, 0.3) is 0 Å². The van der Waals surface area contributed by atoms with Crippen LogP contribution in [-0.2, 0) is 14.3 Å². The second-order valence-electron chi connectivity index (χ2n) is 6.32. The fourth-order valence-electron chi connectivity index (χ4n) is 3.00. The summed E-state index contributed by atoms with van der Waals surface area (Å²) in [5, 5.41) is 3.84. The quantitative estimate of drug-likeness (QED) is 0.846. The number of para-hydroxylation sites is 1. The van der Waals surface area contributed by atoms with Gasteiger partial charge in [-0.3, -0.25) is 19.5 Å². The van der Waals surface area contributed by atoms with Gasteiger partial charge in [0, 0.05) is 44.7 Å². The van der Waals surface area contributed by atoms with Gasteiger partial charge in [-0.25, -0.2) is 0 Å². The largest absolute Gasteiger partial charge is 0.379 e. The summed E-state index contributed by atoms with van der Waals surface area (Å²) < 4.78 is 5.33. The van der Waals surface area contributed by atoms with Crippen LogP contribution < -0.4 is 5.32 Å². The molecule has 0 atom stereocenters. The molecular weight excluding hydrogens is 332 g/mol. The molecule has 26 heavy (non-hydrogen) atoms. The van der Waals surface area contributed by atoms with Crippen LogP contribution in [0.15, 0.2) is 36.5 Å². The Morgan fingerprint density at radius 2 is 2.00 bits per heavy atom. The van der Waals surface area contributed by atoms with Crippen molar-refractivity contribution in [1.82, 2.24) is 14.8 Å². The summed E-state index contributed by atoms with van der Waals surface area (Å²) in [5.74, 6) is -0.329. The molecule has 0 aliphatic carbocycles. The second kappa shape index (κ2) is 8.73. The molecular formula is C19H24N4O3. The van der Waals surface area contributed by atoms with Crippen molar-refractivity contribution in [2.75, 3.05) is 51.3 Å². The van der Waals surface area contributed by atoms with Crippen LogP contribution >= 0.6 is 0 Å². The van der Waals surface area contributed by atoms with E-state index in [4.69, 9.17) is 4.74 Å². The zero-order valence-electron chi connectivity index (χ0n) is 15.0. The fourth-order valence-corrected chi connectivity index (χ4v) is 3.00. The number of pyridine rings is 1. The van der Waals surface area contributed by atoms with E-state index < -0.39 is 0 Å². The second-order valence-corrected chi connectivity index (χ2v) is 6.32. The number of ether oxygens (including phenoxy) is 1. The van der Waals surface area contributed by atoms with E-state index in [1.807, 2.05) is 30.3 Å². The summed E-state index contributed by atoms with van der Waals surface area (Å²) in [4.78, 5) is 32.5. The summed E-state index contributed by atoms with van der Waals surface area (Å²) in [6.45, 7) is 5.94. The van der Waals surface area contributed by atoms with E-state index in [9.17, 15) is 9.59 Å². The summed E-state index contributed by atoms with van der Waals surface area (Å²) in [6.07, 6.45) is 1.70. The Labute approximate surface area is 152 Å². The first kappa shape index (κ1) is 18.3. The monoisotopic (exact) mass is 356 g/mol. The number of hydrogen-bond donors (Lipinski definition) is 1. The zero-order chi connectivity index (χ0) is 18.4. The highest BCUT2D eigenvalue weighted by molar-refractivity contribution is 6.01. The molecule has 2 heterocycles. The van der Waals surface area contributed by atoms with E-state index in [0.717, 1.165) is 30.5 Å². The average Bonchev–Trinajstić information content (AvgIpc) is 2.66. The lowest BCUT2D eigenvalue weighted by Crippen LogP contribution is -2.44. The maximum Gasteiger partial charge on any atom is 0.244 e. The van der Waals surface area contributed by atoms with Crippen molar-refractivity contribution < 1.29 is 14.3 Å². The first-order valence-corrected chi connectivity index (χ1v) is 8.83. The number of carbonyl (C=O) groups excluding carboxylic acids is 2. The van der Waals surface area contributed by atoms with Crippen molar-refractivity contribution in [3.05, 3.63) is 36.5 Å². The minimum Gasteiger partial charge on any atom is -0.379 e. The summed E-state index contributed by atoms with van der Waals surface area (Å²) >= 11 is 0. The number of rotatable bonds is 6. The van der Waals surface area contributed by atoms with E-state index in [1.54, 1.807) is 11.1 Å². The van der Waals surface area contributed by atoms with E-state index in [2.05, 4.69) is 15.2 Å². The highest BCUT2D eigenvalue weighted by Crippen LogP contribution is 2.20. The normalized spacial score (nSPS) is 15.0. The molecule has 0 radical (unpaired) electrons. The molecule has 1 aliphatic rings. The Kier molecular flexibility index (Phi) is 6.14. The van der Waals surface area contributed by atoms with Gasteiger partial charge >= 0.3 is 0 Å². The lowest BCUT2D eigenvalue weighted by molar-refractivity contribution is -0.133. The lowest BCUT2D eigenvalue weighted by atomic mass is 10.2. The van der Waals surface area contributed by atoms with E-state index >= 15 is 0 Å². The van der Waals surface area contributed by atoms with Crippen molar-refractivity contribution in [2.45, 2.75) is 6.92 Å². The third-order valence-electron chi connectivity index (χ3n) is 4.48. The van der Waals surface area contributed by atoms with Gasteiger partial charge in [-0.1, -0.05) is 18.2 Å². The average molecular weight is 356 g/mol. The molecule has 0 spiro atoms. The predicted octanol–water partition coefficient (Wildman–Crippen LogP) is 1.35. The highest BCUT2D eigenvalue weighted by Gasteiger charge is 2.17. The number of nitrogens with zero attached hydrogens (tertiary/aromatic N) is 3. The molecule has 1 aliphatic heterocycles. The topological polar surface area (TPSA) is 74.8 Å². The van der Waals surface area contributed by atoms with Gasteiger partial charge in [-0.05, 0) is 12.1 Å². The van der Waals surface area contributed by atoms with Gasteiger partial charge < -0.3 is 15.0 Å². The van der Waals surface area contributed by atoms with Crippen LogP contribution in [0.5, 0.6) is 0 Å². The van der Waals surface area contributed by atoms with E-state index in [0.29, 0.717) is 25.4 Å². The number of benzene rings is 1. The molecule has 3 rings (SSSR count). The minimum atomic E-state index is -0.222. The SMILES string of the molecule is CC(=O)N(CCN1CCOCC1)CC(=O)Nc1cccc2cccnc12. The molecule has 0 bridgehead atoms. The molecule has 7 nitrogen and oxygen atoms in total. The minimum absolute atomic E-state index is 0.0306. The van der Waals surface area contributed by atoms with Gasteiger partial charge in [-0.2, -0.15) is 0 Å². The molecule has 1 aromatic heterocycles. The number of amides is 2. The van der Waals surface area contributed by atoms with E-state index in [1.165, 1.54) is 6.92 Å². The third kappa shape index (κ3) is 4.77. The molecule has 7 heteroatoms. The molecule has 1 saturated heterocycles. The molecule has 0 unspecified atom stereocenters. The van der Waals surface area contributed by atoms with Crippen LogP contribution in [0.2, 0.25) is 0 Å². The van der Waals surface area contributed by atoms with Crippen molar-refractivity contribution in [1.29, 1.82) is 0 Å². The van der Waals surface area contributed by atoms with Gasteiger partial charge in [0.05, 0.1) is 31.0 Å². The summed E-state index contributed by atoms with van der Waals surface area (Å²) in [5.41, 5.74) is 1.40. The Balaban J connectivity index is 1.59. The van der Waals surface area contributed by atoms with Crippen molar-refractivity contribution in [3.8, 4) is 0 Å². The van der Waals surface area contributed by atoms with Crippen molar-refractivity contribution in [3.63, 3.8) is 0 Å². The van der Waals surface area contributed by atoms with Crippen LogP contribution in [0.4, 0.5) is 5.69 Å². The Morgan fingerprint density at radius 1 is 1.23 bits per heavy atom. The van der Waals surface area contributed by atoms with Gasteiger partial charge in [-0.15, -0.1) is 0 Å². The third-order valence-corrected chi connectivity index (χ3v) is 4.48. The molecule has 1 fully saturated rings. The zero-order valence-corrected chi connectivity index (χ0v) is 15.0. The maximum atomic E-state index is 12.5. The highest BCUT2D eigenvalue weighted by atomic mass is 16.5. The van der Waals surface area contributed by atoms with Crippen molar-refractivity contribution in [2.24, 2.45) is 0 Å². The number of fused-ring (bicyclic) bond motifs is 1. The standard InChI is InChI=1S/C19H24N4O3/c1-15(24)23(9-8-22-10-12-26-13-11-22)14-18(25)21-17-6-2-4-16-5-3-7-20-19(16)17/h2-7H,8-14H2,1H3,(H,21,25). The number of hydrogen-bond acceptors (Lipinski definition) is 5. The Morgan fingerprint density at radius 3 is 2.77 bits per heavy atom. The molecule has 1 aromatic carbocycles. The fraction of sp³-hybridized carbons (Fsp3) is 0.421. The van der Waals surface area contributed by atoms with Crippen LogP contribution in [0, 0.1) is 0 Å². The lowest BCUT2D eigenvalue weighted by Gasteiger charge is -2.29. The number of nitrogens with one attached hydrogen (secondary N) is 1. The molecule has 1 N–H and O–H groups in total.